The number of carbonyl (C=O) groups is 2. The summed E-state index contributed by atoms with van der Waals surface area (Å²) in [5.74, 6) is -0.605. The van der Waals surface area contributed by atoms with Gasteiger partial charge in [-0.05, 0) is 62.7 Å². The number of carbonyl (C=O) groups excluding carboxylic acids is 2. The zero-order valence-electron chi connectivity index (χ0n) is 13.4. The maximum Gasteiger partial charge on any atom is 0.408 e. The quantitative estimate of drug-likeness (QED) is 0.648. The minimum absolute atomic E-state index is 0.193. The van der Waals surface area contributed by atoms with Crippen LogP contribution >= 0.6 is 15.9 Å². The number of alkyl carbamates (subject to hydrolysis) is 1. The van der Waals surface area contributed by atoms with Crippen LogP contribution in [-0.2, 0) is 19.8 Å². The van der Waals surface area contributed by atoms with E-state index in [1.54, 1.807) is 45.9 Å². The predicted octanol–water partition coefficient (Wildman–Crippen LogP) is 3.15. The molecule has 122 valence electrons. The lowest BCUT2D eigenvalue weighted by atomic mass is 9.97. The molecule has 0 saturated heterocycles. The average Bonchev–Trinajstić information content (AvgIpc) is 2.36. The van der Waals surface area contributed by atoms with E-state index in [1.165, 1.54) is 6.92 Å². The molecular formula is C15H21BrN2O4. The molecule has 22 heavy (non-hydrogen) atoms. The molecule has 6 nitrogen and oxygen atoms in total. The van der Waals surface area contributed by atoms with E-state index in [-0.39, 0.29) is 6.61 Å². The van der Waals surface area contributed by atoms with Gasteiger partial charge < -0.3 is 14.8 Å². The molecule has 0 aliphatic rings. The molecule has 0 fully saturated rings. The first kappa shape index (κ1) is 18.4. The van der Waals surface area contributed by atoms with Crippen molar-refractivity contribution in [2.24, 2.45) is 0 Å². The van der Waals surface area contributed by atoms with Gasteiger partial charge >= 0.3 is 12.1 Å². The molecule has 0 radical (unpaired) electrons. The largest absolute Gasteiger partial charge is 0.464 e. The average molecular weight is 373 g/mol. The predicted molar refractivity (Wildman–Crippen MR) is 85.3 cm³/mol. The fraction of sp³-hybridized carbons (Fsp3) is 0.533. The number of ether oxygens (including phenoxy) is 2. The van der Waals surface area contributed by atoms with Gasteiger partial charge in [-0.1, -0.05) is 6.07 Å². The fourth-order valence-electron chi connectivity index (χ4n) is 1.69. The number of esters is 1. The molecule has 1 rings (SSSR count). The van der Waals surface area contributed by atoms with E-state index in [2.05, 4.69) is 26.2 Å². The molecule has 1 atom stereocenters. The fourth-order valence-corrected chi connectivity index (χ4v) is 2.03. The molecule has 0 bridgehead atoms. The molecular weight excluding hydrogens is 352 g/mol. The van der Waals surface area contributed by atoms with Crippen LogP contribution in [0.2, 0.25) is 0 Å². The van der Waals surface area contributed by atoms with Gasteiger partial charge in [0.05, 0.1) is 12.3 Å². The first-order valence-electron chi connectivity index (χ1n) is 6.90. The Labute approximate surface area is 138 Å². The van der Waals surface area contributed by atoms with E-state index < -0.39 is 23.2 Å². The number of pyridine rings is 1. The van der Waals surface area contributed by atoms with Crippen LogP contribution in [-0.4, -0.2) is 29.3 Å². The smallest absolute Gasteiger partial charge is 0.408 e. The van der Waals surface area contributed by atoms with Crippen molar-refractivity contribution in [2.75, 3.05) is 6.61 Å². The van der Waals surface area contributed by atoms with E-state index in [4.69, 9.17) is 9.47 Å². The van der Waals surface area contributed by atoms with Gasteiger partial charge in [-0.15, -0.1) is 0 Å². The lowest BCUT2D eigenvalue weighted by Crippen LogP contribution is -2.52. The van der Waals surface area contributed by atoms with Crippen LogP contribution in [0, 0.1) is 0 Å². The molecule has 1 amide bonds. The highest BCUT2D eigenvalue weighted by atomic mass is 79.9. The van der Waals surface area contributed by atoms with Gasteiger partial charge in [0.15, 0.2) is 5.54 Å². The Bertz CT molecular complexity index is 557. The summed E-state index contributed by atoms with van der Waals surface area (Å²) in [6, 6.07) is 5.09. The van der Waals surface area contributed by atoms with Crippen LogP contribution in [0.1, 0.15) is 40.3 Å². The van der Waals surface area contributed by atoms with E-state index in [1.807, 2.05) is 0 Å². The van der Waals surface area contributed by atoms with Crippen molar-refractivity contribution in [1.82, 2.24) is 10.3 Å². The Morgan fingerprint density at radius 3 is 2.41 bits per heavy atom. The van der Waals surface area contributed by atoms with Gasteiger partial charge in [0.1, 0.15) is 10.2 Å². The number of halogens is 1. The maximum absolute atomic E-state index is 12.3. The van der Waals surface area contributed by atoms with Crippen LogP contribution in [0.15, 0.2) is 22.8 Å². The third kappa shape index (κ3) is 4.98. The summed E-state index contributed by atoms with van der Waals surface area (Å²) >= 11 is 3.25. The van der Waals surface area contributed by atoms with E-state index in [0.29, 0.717) is 10.3 Å². The minimum atomic E-state index is -1.44. The summed E-state index contributed by atoms with van der Waals surface area (Å²) in [5, 5.41) is 2.56. The maximum atomic E-state index is 12.3. The monoisotopic (exact) mass is 372 g/mol. The second kappa shape index (κ2) is 7.09. The molecule has 7 heteroatoms. The number of rotatable bonds is 4. The number of amides is 1. The third-order valence-corrected chi connectivity index (χ3v) is 3.10. The standard InChI is InChI=1S/C15H21BrN2O4/c1-6-21-12(19)15(5,10-8-7-9-11(16)17-10)18-13(20)22-14(2,3)4/h7-9H,6H2,1-5H3,(H,18,20). The molecule has 1 heterocycles. The van der Waals surface area contributed by atoms with Crippen LogP contribution in [0.5, 0.6) is 0 Å². The highest BCUT2D eigenvalue weighted by molar-refractivity contribution is 9.10. The number of hydrogen-bond donors (Lipinski definition) is 1. The first-order chi connectivity index (χ1) is 10.1. The second-order valence-electron chi connectivity index (χ2n) is 5.82. The molecule has 0 aliphatic carbocycles. The molecule has 1 aromatic rings. The Morgan fingerprint density at radius 1 is 1.27 bits per heavy atom. The summed E-state index contributed by atoms with van der Waals surface area (Å²) in [7, 11) is 0. The number of aromatic nitrogens is 1. The van der Waals surface area contributed by atoms with E-state index in [0.717, 1.165) is 0 Å². The molecule has 0 spiro atoms. The summed E-state index contributed by atoms with van der Waals surface area (Å²) in [5.41, 5.74) is -1.77. The first-order valence-corrected chi connectivity index (χ1v) is 7.69. The Hall–Kier alpha value is -1.63. The van der Waals surface area contributed by atoms with Crippen molar-refractivity contribution in [3.8, 4) is 0 Å². The lowest BCUT2D eigenvalue weighted by molar-refractivity contribution is -0.151. The molecule has 0 aliphatic heterocycles. The van der Waals surface area contributed by atoms with Crippen LogP contribution in [0.4, 0.5) is 4.79 Å². The van der Waals surface area contributed by atoms with Crippen LogP contribution in [0.3, 0.4) is 0 Å². The number of nitrogens with one attached hydrogen (secondary N) is 1. The van der Waals surface area contributed by atoms with E-state index in [9.17, 15) is 9.59 Å². The van der Waals surface area contributed by atoms with Crippen LogP contribution in [0.25, 0.3) is 0 Å². The SMILES string of the molecule is CCOC(=O)C(C)(NC(=O)OC(C)(C)C)c1cccc(Br)n1. The Kier molecular flexibility index (Phi) is 5.93. The summed E-state index contributed by atoms with van der Waals surface area (Å²) in [6.07, 6.45) is -0.718. The van der Waals surface area contributed by atoms with Crippen molar-refractivity contribution < 1.29 is 19.1 Å². The third-order valence-electron chi connectivity index (χ3n) is 2.66. The van der Waals surface area contributed by atoms with Crippen LogP contribution < -0.4 is 5.32 Å². The zero-order valence-corrected chi connectivity index (χ0v) is 15.0. The minimum Gasteiger partial charge on any atom is -0.464 e. The molecule has 1 unspecified atom stereocenters. The van der Waals surface area contributed by atoms with Gasteiger partial charge in [0, 0.05) is 0 Å². The van der Waals surface area contributed by atoms with Crippen molar-refractivity contribution in [3.05, 3.63) is 28.5 Å². The summed E-state index contributed by atoms with van der Waals surface area (Å²) in [4.78, 5) is 28.6. The number of nitrogens with zero attached hydrogens (tertiary/aromatic N) is 1. The van der Waals surface area contributed by atoms with E-state index >= 15 is 0 Å². The lowest BCUT2D eigenvalue weighted by Gasteiger charge is -2.29. The molecule has 1 aromatic heterocycles. The van der Waals surface area contributed by atoms with Gasteiger partial charge in [-0.25, -0.2) is 14.6 Å². The topological polar surface area (TPSA) is 77.5 Å². The zero-order chi connectivity index (χ0) is 17.0. The molecule has 1 N–H and O–H groups in total. The molecule has 0 aromatic carbocycles. The van der Waals surface area contributed by atoms with Crippen molar-refractivity contribution in [3.63, 3.8) is 0 Å². The number of hydrogen-bond acceptors (Lipinski definition) is 5. The summed E-state index contributed by atoms with van der Waals surface area (Å²) in [6.45, 7) is 8.64. The van der Waals surface area contributed by atoms with Gasteiger partial charge in [-0.2, -0.15) is 0 Å². The van der Waals surface area contributed by atoms with Crippen molar-refractivity contribution in [2.45, 2.75) is 45.8 Å². The molecule has 0 saturated carbocycles. The van der Waals surface area contributed by atoms with Gasteiger partial charge in [0.2, 0.25) is 0 Å². The summed E-state index contributed by atoms with van der Waals surface area (Å²) < 4.78 is 10.8. The van der Waals surface area contributed by atoms with Gasteiger partial charge in [-0.3, -0.25) is 0 Å². The highest BCUT2D eigenvalue weighted by Gasteiger charge is 2.41. The Balaban J connectivity index is 3.12. The second-order valence-corrected chi connectivity index (χ2v) is 6.63. The Morgan fingerprint density at radius 2 is 1.91 bits per heavy atom. The van der Waals surface area contributed by atoms with Gasteiger partial charge in [0.25, 0.3) is 0 Å². The van der Waals surface area contributed by atoms with Crippen molar-refractivity contribution in [1.29, 1.82) is 0 Å². The normalized spacial score (nSPS) is 13.9. The highest BCUT2D eigenvalue weighted by Crippen LogP contribution is 2.23. The van der Waals surface area contributed by atoms with Crippen molar-refractivity contribution >= 4 is 28.0 Å².